The molecular formula is C40H54F2N10O10. The zero-order valence-electron chi connectivity index (χ0n) is 34.6. The molecule has 3 saturated heterocycles. The smallest absolute Gasteiger partial charge is 0.317 e. The summed E-state index contributed by atoms with van der Waals surface area (Å²) in [5.74, 6) is -5.05. The molecule has 0 radical (unpaired) electrons. The third-order valence-electron chi connectivity index (χ3n) is 11.0. The number of piperazine rings is 1. The number of aliphatic carboxylic acids is 1. The number of carboxylic acids is 1. The number of carbonyl (C=O) groups excluding carboxylic acids is 5. The molecule has 20 nitrogen and oxygen atoms in total. The number of carboxylic acid groups (broad SMARTS) is 1. The Kier molecular flexibility index (Phi) is 18.0. The molecule has 3 fully saturated rings. The standard InChI is InChI=1S/C40H54F2N10O10/c41-40(42)21-31(22-43)52(26-40)36(55)23-45-39(59)33-4-5-44-35-3-2-32(20-34(33)35)62-19-1-6-46-15-17-51(18-16-46)37(56)24-47-7-8-48(25-38(57)58)10-12-50(28-61-30-54)14-13-49(11-9-47)27-60-29-53/h2-5,20,29-31H,1,6-19,21,23-28H2,(H,45,59)(H,57,58)/t31-/m0/s1. The molecule has 3 amide bonds. The third-order valence-corrected chi connectivity index (χ3v) is 11.0. The van der Waals surface area contributed by atoms with Crippen LogP contribution in [0, 0.1) is 11.3 Å². The summed E-state index contributed by atoms with van der Waals surface area (Å²) in [7, 11) is 0. The van der Waals surface area contributed by atoms with E-state index in [4.69, 9.17) is 14.2 Å². The number of nitrogens with one attached hydrogen (secondary N) is 1. The van der Waals surface area contributed by atoms with Gasteiger partial charge in [-0.15, -0.1) is 0 Å². The molecular weight excluding hydrogens is 818 g/mol. The van der Waals surface area contributed by atoms with Gasteiger partial charge in [-0.1, -0.05) is 0 Å². The van der Waals surface area contributed by atoms with Crippen molar-refractivity contribution < 1.29 is 56.9 Å². The zero-order chi connectivity index (χ0) is 44.5. The van der Waals surface area contributed by atoms with E-state index in [-0.39, 0.29) is 38.0 Å². The molecule has 22 heteroatoms. The molecule has 62 heavy (non-hydrogen) atoms. The van der Waals surface area contributed by atoms with Crippen molar-refractivity contribution in [2.75, 3.05) is 131 Å². The maximum absolute atomic E-state index is 13.8. The monoisotopic (exact) mass is 872 g/mol. The van der Waals surface area contributed by atoms with Gasteiger partial charge in [0, 0.05) is 103 Å². The number of hydrogen-bond acceptors (Lipinski definition) is 16. The fourth-order valence-electron chi connectivity index (χ4n) is 7.57. The number of carbonyl (C=O) groups is 6. The molecule has 4 heterocycles. The Labute approximate surface area is 357 Å². The van der Waals surface area contributed by atoms with E-state index in [1.54, 1.807) is 29.2 Å². The highest BCUT2D eigenvalue weighted by atomic mass is 19.3. The van der Waals surface area contributed by atoms with Gasteiger partial charge in [0.1, 0.15) is 25.3 Å². The number of ether oxygens (including phenoxy) is 3. The maximum Gasteiger partial charge on any atom is 0.317 e. The van der Waals surface area contributed by atoms with Crippen LogP contribution in [0.2, 0.25) is 0 Å². The SMILES string of the molecule is N#C[C@@H]1CC(F)(F)CN1C(=O)CNC(=O)c1ccnc2ccc(OCCCN3CCN(C(=O)CN4CCN(COC=O)CCN(COC=O)CCN(CC(=O)O)CC4)CC3)cc12. The summed E-state index contributed by atoms with van der Waals surface area (Å²) in [5.41, 5.74) is 0.729. The Morgan fingerprint density at radius 2 is 1.44 bits per heavy atom. The minimum atomic E-state index is -3.16. The van der Waals surface area contributed by atoms with E-state index in [0.717, 1.165) is 11.4 Å². The van der Waals surface area contributed by atoms with E-state index in [9.17, 15) is 47.9 Å². The van der Waals surface area contributed by atoms with Gasteiger partial charge in [-0.3, -0.25) is 58.3 Å². The summed E-state index contributed by atoms with van der Waals surface area (Å²) >= 11 is 0. The van der Waals surface area contributed by atoms with Crippen LogP contribution in [-0.2, 0) is 33.4 Å². The lowest BCUT2D eigenvalue weighted by atomic mass is 10.1. The quantitative estimate of drug-likeness (QED) is 0.138. The first-order valence-corrected chi connectivity index (χ1v) is 20.5. The Balaban J connectivity index is 1.07. The van der Waals surface area contributed by atoms with E-state index in [0.29, 0.717) is 121 Å². The van der Waals surface area contributed by atoms with Crippen LogP contribution in [0.25, 0.3) is 10.9 Å². The van der Waals surface area contributed by atoms with Crippen molar-refractivity contribution in [3.05, 3.63) is 36.0 Å². The van der Waals surface area contributed by atoms with E-state index in [2.05, 4.69) is 15.2 Å². The summed E-state index contributed by atoms with van der Waals surface area (Å²) in [6.07, 6.45) is 1.39. The van der Waals surface area contributed by atoms with Crippen LogP contribution in [0.15, 0.2) is 30.5 Å². The van der Waals surface area contributed by atoms with Crippen LogP contribution < -0.4 is 10.1 Å². The number of benzene rings is 1. The van der Waals surface area contributed by atoms with Gasteiger partial charge < -0.3 is 34.4 Å². The lowest BCUT2D eigenvalue weighted by Crippen LogP contribution is -2.53. The van der Waals surface area contributed by atoms with E-state index in [1.165, 1.54) is 12.3 Å². The lowest BCUT2D eigenvalue weighted by molar-refractivity contribution is -0.139. The van der Waals surface area contributed by atoms with Crippen LogP contribution in [0.3, 0.4) is 0 Å². The second-order valence-electron chi connectivity index (χ2n) is 15.3. The number of rotatable bonds is 18. The summed E-state index contributed by atoms with van der Waals surface area (Å²) in [6, 6.07) is 7.06. The van der Waals surface area contributed by atoms with Gasteiger partial charge in [-0.25, -0.2) is 8.78 Å². The van der Waals surface area contributed by atoms with Gasteiger partial charge in [-0.05, 0) is 30.7 Å². The molecule has 338 valence electrons. The average molecular weight is 873 g/mol. The van der Waals surface area contributed by atoms with Crippen molar-refractivity contribution in [2.45, 2.75) is 24.8 Å². The number of fused-ring (bicyclic) bond motifs is 1. The number of nitrogens with zero attached hydrogens (tertiary/aromatic N) is 9. The molecule has 0 aliphatic carbocycles. The van der Waals surface area contributed by atoms with E-state index < -0.39 is 49.3 Å². The van der Waals surface area contributed by atoms with Crippen LogP contribution in [0.5, 0.6) is 5.75 Å². The average Bonchev–Trinajstić information content (AvgIpc) is 3.59. The van der Waals surface area contributed by atoms with Gasteiger partial charge in [0.15, 0.2) is 0 Å². The normalized spacial score (nSPS) is 20.0. The van der Waals surface area contributed by atoms with Gasteiger partial charge in [0.2, 0.25) is 11.8 Å². The summed E-state index contributed by atoms with van der Waals surface area (Å²) in [4.78, 5) is 89.5. The molecule has 3 aliphatic heterocycles. The fraction of sp³-hybridized carbons (Fsp3) is 0.600. The molecule has 0 spiro atoms. The number of alkyl halides is 2. The number of pyridine rings is 1. The first-order chi connectivity index (χ1) is 29.9. The Hall–Kier alpha value is -5.60. The summed E-state index contributed by atoms with van der Waals surface area (Å²) < 4.78 is 43.7. The fourth-order valence-corrected chi connectivity index (χ4v) is 7.57. The topological polar surface area (TPSA) is 222 Å². The maximum atomic E-state index is 13.8. The minimum absolute atomic E-state index is 0.0351. The van der Waals surface area contributed by atoms with Crippen LogP contribution in [0.1, 0.15) is 23.2 Å². The molecule has 0 bridgehead atoms. The van der Waals surface area contributed by atoms with E-state index in [1.807, 2.05) is 19.6 Å². The third kappa shape index (κ3) is 14.5. The van der Waals surface area contributed by atoms with Crippen molar-refractivity contribution in [2.24, 2.45) is 0 Å². The van der Waals surface area contributed by atoms with Crippen molar-refractivity contribution >= 4 is 47.5 Å². The lowest BCUT2D eigenvalue weighted by Gasteiger charge is -2.37. The second kappa shape index (κ2) is 23.6. The molecule has 1 atom stereocenters. The van der Waals surface area contributed by atoms with E-state index >= 15 is 0 Å². The zero-order valence-corrected chi connectivity index (χ0v) is 34.6. The van der Waals surface area contributed by atoms with Crippen LogP contribution >= 0.6 is 0 Å². The molecule has 0 unspecified atom stereocenters. The molecule has 2 N–H and O–H groups in total. The predicted molar refractivity (Wildman–Crippen MR) is 216 cm³/mol. The molecule has 1 aromatic carbocycles. The number of halogens is 2. The second-order valence-corrected chi connectivity index (χ2v) is 15.3. The molecule has 5 rings (SSSR count). The first-order valence-electron chi connectivity index (χ1n) is 20.5. The van der Waals surface area contributed by atoms with Crippen LogP contribution in [-0.4, -0.2) is 224 Å². The molecule has 3 aliphatic rings. The highest BCUT2D eigenvalue weighted by molar-refractivity contribution is 6.07. The van der Waals surface area contributed by atoms with Crippen molar-refractivity contribution in [3.63, 3.8) is 0 Å². The van der Waals surface area contributed by atoms with Gasteiger partial charge >= 0.3 is 5.97 Å². The number of aromatic nitrogens is 1. The molecule has 1 aromatic heterocycles. The number of hydrogen-bond donors (Lipinski definition) is 2. The highest BCUT2D eigenvalue weighted by Crippen LogP contribution is 2.31. The van der Waals surface area contributed by atoms with Crippen molar-refractivity contribution in [1.29, 1.82) is 5.26 Å². The van der Waals surface area contributed by atoms with Crippen molar-refractivity contribution in [1.82, 2.24) is 44.6 Å². The molecule has 2 aromatic rings. The summed E-state index contributed by atoms with van der Waals surface area (Å²) in [6.45, 7) is 6.44. The van der Waals surface area contributed by atoms with Gasteiger partial charge in [0.25, 0.3) is 24.8 Å². The first kappa shape index (κ1) is 47.4. The highest BCUT2D eigenvalue weighted by Gasteiger charge is 2.47. The minimum Gasteiger partial charge on any atom is -0.494 e. The Bertz CT molecular complexity index is 1900. The van der Waals surface area contributed by atoms with Crippen molar-refractivity contribution in [3.8, 4) is 11.8 Å². The number of amides is 3. The molecule has 0 saturated carbocycles. The summed E-state index contributed by atoms with van der Waals surface area (Å²) in [5, 5.41) is 21.7. The van der Waals surface area contributed by atoms with Crippen LogP contribution in [0.4, 0.5) is 8.78 Å². The number of likely N-dealkylation sites (tertiary alicyclic amines) is 1. The van der Waals surface area contributed by atoms with Gasteiger partial charge in [-0.2, -0.15) is 5.26 Å². The Morgan fingerprint density at radius 1 is 0.839 bits per heavy atom. The number of nitriles is 1. The van der Waals surface area contributed by atoms with Gasteiger partial charge in [0.05, 0.1) is 49.9 Å². The largest absolute Gasteiger partial charge is 0.494 e. The predicted octanol–water partition coefficient (Wildman–Crippen LogP) is -0.795. The Morgan fingerprint density at radius 3 is 2.03 bits per heavy atom.